The molecule has 9 nitrogen and oxygen atoms in total. The second kappa shape index (κ2) is 8.75. The fraction of sp³-hybridized carbons (Fsp3) is 0.800. The number of Topliss-reactive ketones (excluding diaryl/α,β-unsaturated/α-hetero) is 3. The number of aliphatic hydroxyl groups is 6. The summed E-state index contributed by atoms with van der Waals surface area (Å²) in [6.45, 7) is 2.11. The molecule has 0 aromatic heterocycles. The highest BCUT2D eigenvalue weighted by molar-refractivity contribution is 6.16. The largest absolute Gasteiger partial charge is 0.393 e. The summed E-state index contributed by atoms with van der Waals surface area (Å²) in [5, 5.41) is 58.4. The number of aliphatic hydroxyl groups excluding tert-OH is 4. The predicted octanol–water partition coefficient (Wildman–Crippen LogP) is -2.54. The van der Waals surface area contributed by atoms with Gasteiger partial charge in [0.05, 0.1) is 24.9 Å². The van der Waals surface area contributed by atoms with Gasteiger partial charge in [-0.3, -0.25) is 14.4 Å². The molecule has 24 heavy (non-hydrogen) atoms. The van der Waals surface area contributed by atoms with Gasteiger partial charge in [-0.2, -0.15) is 0 Å². The van der Waals surface area contributed by atoms with Gasteiger partial charge in [-0.15, -0.1) is 0 Å². The first kappa shape index (κ1) is 22.8. The quantitative estimate of drug-likeness (QED) is 0.219. The first-order chi connectivity index (χ1) is 10.8. The van der Waals surface area contributed by atoms with Crippen molar-refractivity contribution < 1.29 is 45.0 Å². The van der Waals surface area contributed by atoms with E-state index >= 15 is 0 Å². The topological polar surface area (TPSA) is 173 Å². The Morgan fingerprint density at radius 3 is 1.29 bits per heavy atom. The van der Waals surface area contributed by atoms with Crippen LogP contribution >= 0.6 is 0 Å². The Hall–Kier alpha value is -1.23. The summed E-state index contributed by atoms with van der Waals surface area (Å²) in [5.41, 5.74) is -6.57. The van der Waals surface area contributed by atoms with E-state index in [0.717, 1.165) is 0 Å². The van der Waals surface area contributed by atoms with Gasteiger partial charge in [0.2, 0.25) is 5.60 Å². The van der Waals surface area contributed by atoms with E-state index in [1.807, 2.05) is 0 Å². The highest BCUT2D eigenvalue weighted by Crippen LogP contribution is 2.31. The molecule has 0 bridgehead atoms. The van der Waals surface area contributed by atoms with Gasteiger partial charge in [0.15, 0.2) is 23.0 Å². The van der Waals surface area contributed by atoms with Gasteiger partial charge in [0.25, 0.3) is 0 Å². The fourth-order valence-electron chi connectivity index (χ4n) is 2.29. The van der Waals surface area contributed by atoms with Crippen molar-refractivity contribution in [3.63, 3.8) is 0 Å². The Morgan fingerprint density at radius 2 is 1.04 bits per heavy atom. The van der Waals surface area contributed by atoms with Crippen LogP contribution in [0, 0.1) is 0 Å². The van der Waals surface area contributed by atoms with Crippen LogP contribution in [-0.4, -0.2) is 84.1 Å². The summed E-state index contributed by atoms with van der Waals surface area (Å²) in [4.78, 5) is 36.8. The molecule has 0 saturated carbocycles. The number of rotatable bonds is 11. The van der Waals surface area contributed by atoms with E-state index in [4.69, 9.17) is 0 Å². The van der Waals surface area contributed by atoms with E-state index in [9.17, 15) is 45.0 Å². The molecule has 0 amide bonds. The van der Waals surface area contributed by atoms with Crippen LogP contribution in [0.2, 0.25) is 0 Å². The number of ketones is 3. The molecule has 6 N–H and O–H groups in total. The van der Waals surface area contributed by atoms with Crippen LogP contribution in [0.15, 0.2) is 0 Å². The van der Waals surface area contributed by atoms with E-state index in [1.165, 1.54) is 20.8 Å². The molecule has 0 rings (SSSR count). The van der Waals surface area contributed by atoms with Crippen molar-refractivity contribution >= 4 is 17.3 Å². The lowest BCUT2D eigenvalue weighted by Gasteiger charge is -2.39. The van der Waals surface area contributed by atoms with Gasteiger partial charge in [-0.25, -0.2) is 0 Å². The molecule has 0 aromatic rings. The Kier molecular flexibility index (Phi) is 8.30. The lowest BCUT2D eigenvalue weighted by molar-refractivity contribution is -0.196. The summed E-state index contributed by atoms with van der Waals surface area (Å²) < 4.78 is 0. The Morgan fingerprint density at radius 1 is 0.750 bits per heavy atom. The van der Waals surface area contributed by atoms with Crippen LogP contribution in [0.3, 0.4) is 0 Å². The van der Waals surface area contributed by atoms with Crippen LogP contribution in [-0.2, 0) is 14.4 Å². The molecule has 0 saturated heterocycles. The molecule has 0 radical (unpaired) electrons. The normalized spacial score (nSPS) is 20.4. The second-order valence-electron chi connectivity index (χ2n) is 6.16. The molecule has 0 aliphatic rings. The maximum Gasteiger partial charge on any atom is 0.219 e. The summed E-state index contributed by atoms with van der Waals surface area (Å²) >= 11 is 0. The molecule has 9 heteroatoms. The standard InChI is InChI=1S/C15H26O9/c1-8(17)4-11(20)14(23,7-16)15(24,12(21)5-9(2)18)13(22)6-10(3)19/h8-10,16-19,23-24H,4-7H2,1-3H3. The number of carbonyl (C=O) groups excluding carboxylic acids is 3. The van der Waals surface area contributed by atoms with Gasteiger partial charge in [0.1, 0.15) is 0 Å². The smallest absolute Gasteiger partial charge is 0.219 e. The van der Waals surface area contributed by atoms with E-state index < -0.39 is 72.7 Å². The molecule has 0 fully saturated rings. The Labute approximate surface area is 139 Å². The molecule has 0 heterocycles. The highest BCUT2D eigenvalue weighted by Gasteiger charge is 2.62. The maximum atomic E-state index is 12.3. The first-order valence-electron chi connectivity index (χ1n) is 7.52. The molecule has 0 spiro atoms. The molecule has 140 valence electrons. The number of carbonyl (C=O) groups is 3. The zero-order valence-corrected chi connectivity index (χ0v) is 14.0. The highest BCUT2D eigenvalue weighted by atomic mass is 16.4. The number of hydrogen-bond acceptors (Lipinski definition) is 9. The number of hydrogen-bond donors (Lipinski definition) is 6. The van der Waals surface area contributed by atoms with Gasteiger partial charge in [-0.1, -0.05) is 0 Å². The van der Waals surface area contributed by atoms with E-state index in [-0.39, 0.29) is 0 Å². The third kappa shape index (κ3) is 4.88. The van der Waals surface area contributed by atoms with Crippen molar-refractivity contribution in [1.82, 2.24) is 0 Å². The van der Waals surface area contributed by atoms with Crippen LogP contribution in [0.1, 0.15) is 40.0 Å². The van der Waals surface area contributed by atoms with Crippen LogP contribution in [0.5, 0.6) is 0 Å². The molecule has 4 unspecified atom stereocenters. The van der Waals surface area contributed by atoms with Crippen molar-refractivity contribution in [2.75, 3.05) is 6.61 Å². The van der Waals surface area contributed by atoms with E-state index in [0.29, 0.717) is 0 Å². The van der Waals surface area contributed by atoms with Crippen molar-refractivity contribution in [1.29, 1.82) is 0 Å². The van der Waals surface area contributed by atoms with Crippen LogP contribution in [0.4, 0.5) is 0 Å². The zero-order chi connectivity index (χ0) is 19.3. The van der Waals surface area contributed by atoms with Gasteiger partial charge in [-0.05, 0) is 20.8 Å². The molecular formula is C15H26O9. The van der Waals surface area contributed by atoms with Crippen LogP contribution in [0.25, 0.3) is 0 Å². The molecular weight excluding hydrogens is 324 g/mol. The van der Waals surface area contributed by atoms with Crippen LogP contribution < -0.4 is 0 Å². The Bertz CT molecular complexity index is 448. The van der Waals surface area contributed by atoms with Gasteiger partial charge >= 0.3 is 0 Å². The molecule has 4 atom stereocenters. The minimum Gasteiger partial charge on any atom is -0.393 e. The third-order valence-electron chi connectivity index (χ3n) is 3.54. The summed E-state index contributed by atoms with van der Waals surface area (Å²) in [5.74, 6) is -4.07. The van der Waals surface area contributed by atoms with Crippen molar-refractivity contribution in [2.24, 2.45) is 0 Å². The minimum absolute atomic E-state index is 0.733. The Balaban J connectivity index is 6.09. The minimum atomic E-state index is -3.36. The molecule has 0 aliphatic heterocycles. The summed E-state index contributed by atoms with van der Waals surface area (Å²) in [6, 6.07) is 0. The molecule has 0 aromatic carbocycles. The second-order valence-corrected chi connectivity index (χ2v) is 6.16. The van der Waals surface area contributed by atoms with Gasteiger partial charge < -0.3 is 30.6 Å². The van der Waals surface area contributed by atoms with Crippen molar-refractivity contribution in [2.45, 2.75) is 69.5 Å². The lowest BCUT2D eigenvalue weighted by atomic mass is 9.71. The van der Waals surface area contributed by atoms with Gasteiger partial charge in [0, 0.05) is 19.3 Å². The lowest BCUT2D eigenvalue weighted by Crippen LogP contribution is -2.70. The summed E-state index contributed by atoms with van der Waals surface area (Å²) in [7, 11) is 0. The maximum absolute atomic E-state index is 12.3. The average Bonchev–Trinajstić information content (AvgIpc) is 2.42. The predicted molar refractivity (Wildman–Crippen MR) is 80.9 cm³/mol. The molecule has 0 aliphatic carbocycles. The fourth-order valence-corrected chi connectivity index (χ4v) is 2.29. The zero-order valence-electron chi connectivity index (χ0n) is 14.0. The summed E-state index contributed by atoms with van der Waals surface area (Å²) in [6.07, 6.45) is -6.13. The average molecular weight is 350 g/mol. The van der Waals surface area contributed by atoms with Crippen molar-refractivity contribution in [3.8, 4) is 0 Å². The first-order valence-corrected chi connectivity index (χ1v) is 7.52. The van der Waals surface area contributed by atoms with E-state index in [1.54, 1.807) is 0 Å². The monoisotopic (exact) mass is 350 g/mol. The van der Waals surface area contributed by atoms with Crippen molar-refractivity contribution in [3.05, 3.63) is 0 Å². The SMILES string of the molecule is CC(O)CC(=O)C(O)(CO)C(O)(C(=O)CC(C)O)C(=O)CC(C)O. The van der Waals surface area contributed by atoms with E-state index in [2.05, 4.69) is 0 Å². The third-order valence-corrected chi connectivity index (χ3v) is 3.54.